The minimum absolute atomic E-state index is 0.113. The summed E-state index contributed by atoms with van der Waals surface area (Å²) in [5.41, 5.74) is 0. The fourth-order valence-electron chi connectivity index (χ4n) is 3.50. The van der Waals surface area contributed by atoms with Crippen LogP contribution in [0.15, 0.2) is 0 Å². The predicted molar refractivity (Wildman–Crippen MR) is 139 cm³/mol. The van der Waals surface area contributed by atoms with Crippen molar-refractivity contribution in [2.75, 3.05) is 59.5 Å². The molecular formula is C28H56O6. The van der Waals surface area contributed by atoms with Gasteiger partial charge >= 0.3 is 5.97 Å². The summed E-state index contributed by atoms with van der Waals surface area (Å²) in [6.07, 6.45) is 16.9. The van der Waals surface area contributed by atoms with Crippen molar-refractivity contribution in [1.29, 1.82) is 0 Å². The van der Waals surface area contributed by atoms with Gasteiger partial charge in [-0.1, -0.05) is 91.4 Å². The summed E-state index contributed by atoms with van der Waals surface area (Å²) in [5.74, 6) is 0.440. The van der Waals surface area contributed by atoms with Gasteiger partial charge in [0, 0.05) is 19.6 Å². The Morgan fingerprint density at radius 1 is 0.529 bits per heavy atom. The number of hydrogen-bond donors (Lipinski definition) is 0. The summed E-state index contributed by atoms with van der Waals surface area (Å²) >= 11 is 0. The van der Waals surface area contributed by atoms with Crippen LogP contribution in [0.3, 0.4) is 0 Å². The van der Waals surface area contributed by atoms with Crippen molar-refractivity contribution in [3.8, 4) is 0 Å². The Kier molecular flexibility index (Phi) is 28.0. The Labute approximate surface area is 210 Å². The molecule has 0 aromatic rings. The molecular weight excluding hydrogens is 432 g/mol. The first-order valence-corrected chi connectivity index (χ1v) is 14.1. The summed E-state index contributed by atoms with van der Waals surface area (Å²) in [4.78, 5) is 11.8. The van der Waals surface area contributed by atoms with Crippen LogP contribution in [-0.2, 0) is 28.5 Å². The van der Waals surface area contributed by atoms with Gasteiger partial charge in [-0.15, -0.1) is 0 Å². The predicted octanol–water partition coefficient (Wildman–Crippen LogP) is 6.73. The average Bonchev–Trinajstić information content (AvgIpc) is 2.82. The second kappa shape index (κ2) is 28.5. The summed E-state index contributed by atoms with van der Waals surface area (Å²) in [6, 6.07) is 0. The molecule has 0 spiro atoms. The SMILES string of the molecule is CCCCCCCCCCCCCCOC(=O)CCCOCCOCCOCCOCC(C)C. The van der Waals surface area contributed by atoms with Crippen molar-refractivity contribution in [3.05, 3.63) is 0 Å². The number of carbonyl (C=O) groups excluding carboxylic acids is 1. The van der Waals surface area contributed by atoms with Crippen molar-refractivity contribution < 1.29 is 28.5 Å². The fourth-order valence-corrected chi connectivity index (χ4v) is 3.50. The van der Waals surface area contributed by atoms with E-state index in [1.807, 2.05) is 0 Å². The van der Waals surface area contributed by atoms with Crippen LogP contribution in [0.25, 0.3) is 0 Å². The topological polar surface area (TPSA) is 63.2 Å². The normalized spacial score (nSPS) is 11.4. The Morgan fingerprint density at radius 3 is 1.47 bits per heavy atom. The van der Waals surface area contributed by atoms with Gasteiger partial charge in [-0.3, -0.25) is 4.79 Å². The van der Waals surface area contributed by atoms with Gasteiger partial charge in [-0.25, -0.2) is 0 Å². The third kappa shape index (κ3) is 29.3. The summed E-state index contributed by atoms with van der Waals surface area (Å²) in [6.45, 7) is 11.8. The van der Waals surface area contributed by atoms with Gasteiger partial charge in [-0.05, 0) is 18.8 Å². The summed E-state index contributed by atoms with van der Waals surface area (Å²) in [5, 5.41) is 0. The Bertz CT molecular complexity index is 402. The van der Waals surface area contributed by atoms with Crippen LogP contribution in [0.4, 0.5) is 0 Å². The van der Waals surface area contributed by atoms with Crippen molar-refractivity contribution in [2.45, 2.75) is 111 Å². The van der Waals surface area contributed by atoms with Crippen LogP contribution < -0.4 is 0 Å². The highest BCUT2D eigenvalue weighted by Crippen LogP contribution is 2.12. The molecule has 0 amide bonds. The van der Waals surface area contributed by atoms with E-state index in [2.05, 4.69) is 20.8 Å². The number of unbranched alkanes of at least 4 members (excludes halogenated alkanes) is 11. The second-order valence-corrected chi connectivity index (χ2v) is 9.52. The monoisotopic (exact) mass is 488 g/mol. The highest BCUT2D eigenvalue weighted by atomic mass is 16.6. The molecule has 34 heavy (non-hydrogen) atoms. The largest absolute Gasteiger partial charge is 0.466 e. The van der Waals surface area contributed by atoms with Crippen LogP contribution in [0, 0.1) is 5.92 Å². The first-order valence-electron chi connectivity index (χ1n) is 14.1. The van der Waals surface area contributed by atoms with E-state index in [0.29, 0.717) is 71.6 Å². The zero-order valence-electron chi connectivity index (χ0n) is 22.8. The fraction of sp³-hybridized carbons (Fsp3) is 0.964. The van der Waals surface area contributed by atoms with Crippen molar-refractivity contribution in [2.24, 2.45) is 5.92 Å². The van der Waals surface area contributed by atoms with Gasteiger partial charge in [0.2, 0.25) is 0 Å². The average molecular weight is 489 g/mol. The Hall–Kier alpha value is -0.690. The Balaban J connectivity index is 3.15. The number of ether oxygens (including phenoxy) is 5. The smallest absolute Gasteiger partial charge is 0.305 e. The maximum absolute atomic E-state index is 11.8. The molecule has 0 atom stereocenters. The lowest BCUT2D eigenvalue weighted by Crippen LogP contribution is -2.13. The van der Waals surface area contributed by atoms with Gasteiger partial charge in [0.1, 0.15) is 0 Å². The van der Waals surface area contributed by atoms with Crippen LogP contribution in [-0.4, -0.2) is 65.4 Å². The molecule has 0 fully saturated rings. The summed E-state index contributed by atoms with van der Waals surface area (Å²) < 4.78 is 27.1. The van der Waals surface area contributed by atoms with E-state index in [4.69, 9.17) is 23.7 Å². The van der Waals surface area contributed by atoms with E-state index in [-0.39, 0.29) is 5.97 Å². The third-order valence-electron chi connectivity index (χ3n) is 5.50. The maximum Gasteiger partial charge on any atom is 0.305 e. The van der Waals surface area contributed by atoms with Gasteiger partial charge < -0.3 is 23.7 Å². The molecule has 6 heteroatoms. The molecule has 0 saturated carbocycles. The quantitative estimate of drug-likeness (QED) is 0.0898. The van der Waals surface area contributed by atoms with Crippen molar-refractivity contribution in [3.63, 3.8) is 0 Å². The third-order valence-corrected chi connectivity index (χ3v) is 5.50. The molecule has 0 aliphatic heterocycles. The van der Waals surface area contributed by atoms with E-state index < -0.39 is 0 Å². The van der Waals surface area contributed by atoms with Gasteiger partial charge in [0.05, 0.1) is 46.2 Å². The highest BCUT2D eigenvalue weighted by Gasteiger charge is 2.03. The van der Waals surface area contributed by atoms with Crippen LogP contribution >= 0.6 is 0 Å². The molecule has 204 valence electrons. The molecule has 6 nitrogen and oxygen atoms in total. The zero-order chi connectivity index (χ0) is 25.0. The highest BCUT2D eigenvalue weighted by molar-refractivity contribution is 5.69. The molecule has 0 N–H and O–H groups in total. The molecule has 0 unspecified atom stereocenters. The lowest BCUT2D eigenvalue weighted by atomic mass is 10.1. The molecule has 0 heterocycles. The first-order chi connectivity index (χ1) is 16.7. The molecule has 0 aliphatic rings. The van der Waals surface area contributed by atoms with Gasteiger partial charge in [0.15, 0.2) is 0 Å². The number of rotatable bonds is 28. The van der Waals surface area contributed by atoms with E-state index >= 15 is 0 Å². The standard InChI is InChI=1S/C28H56O6/c1-4-5-6-7-8-9-10-11-12-13-14-15-19-34-28(29)17-16-18-30-20-21-31-22-23-32-24-25-33-26-27(2)3/h27H,4-26H2,1-3H3. The molecule has 0 saturated heterocycles. The minimum atomic E-state index is -0.113. The molecule has 0 bridgehead atoms. The van der Waals surface area contributed by atoms with Crippen LogP contribution in [0.1, 0.15) is 111 Å². The Morgan fingerprint density at radius 2 is 0.971 bits per heavy atom. The lowest BCUT2D eigenvalue weighted by Gasteiger charge is -2.08. The van der Waals surface area contributed by atoms with E-state index in [0.717, 1.165) is 19.4 Å². The molecule has 0 aliphatic carbocycles. The molecule has 0 aromatic carbocycles. The maximum atomic E-state index is 11.8. The number of carbonyl (C=O) groups is 1. The second-order valence-electron chi connectivity index (χ2n) is 9.52. The molecule has 0 aromatic heterocycles. The van der Waals surface area contributed by atoms with E-state index in [1.165, 1.54) is 64.2 Å². The lowest BCUT2D eigenvalue weighted by molar-refractivity contribution is -0.144. The van der Waals surface area contributed by atoms with E-state index in [1.54, 1.807) is 0 Å². The number of hydrogen-bond acceptors (Lipinski definition) is 6. The van der Waals surface area contributed by atoms with E-state index in [9.17, 15) is 4.79 Å². The number of esters is 1. The zero-order valence-corrected chi connectivity index (χ0v) is 22.8. The van der Waals surface area contributed by atoms with Crippen molar-refractivity contribution >= 4 is 5.97 Å². The first kappa shape index (κ1) is 33.3. The van der Waals surface area contributed by atoms with Crippen LogP contribution in [0.5, 0.6) is 0 Å². The van der Waals surface area contributed by atoms with Gasteiger partial charge in [-0.2, -0.15) is 0 Å². The molecule has 0 rings (SSSR count). The van der Waals surface area contributed by atoms with Crippen molar-refractivity contribution in [1.82, 2.24) is 0 Å². The van der Waals surface area contributed by atoms with Crippen LogP contribution in [0.2, 0.25) is 0 Å². The molecule has 0 radical (unpaired) electrons. The van der Waals surface area contributed by atoms with Gasteiger partial charge in [0.25, 0.3) is 0 Å². The minimum Gasteiger partial charge on any atom is -0.466 e. The summed E-state index contributed by atoms with van der Waals surface area (Å²) in [7, 11) is 0.